The average molecular weight is 285 g/mol. The van der Waals surface area contributed by atoms with Crippen LogP contribution in [0, 0.1) is 5.92 Å². The van der Waals surface area contributed by atoms with E-state index in [1.807, 2.05) is 13.8 Å². The number of nitrogens with zero attached hydrogens (tertiary/aromatic N) is 1. The Morgan fingerprint density at radius 2 is 1.55 bits per heavy atom. The summed E-state index contributed by atoms with van der Waals surface area (Å²) in [7, 11) is 0. The van der Waals surface area contributed by atoms with Gasteiger partial charge in [-0.2, -0.15) is 0 Å². The van der Waals surface area contributed by atoms with Gasteiger partial charge in [-0.1, -0.05) is 13.8 Å². The van der Waals surface area contributed by atoms with Gasteiger partial charge in [-0.3, -0.25) is 14.9 Å². The Hall–Kier alpha value is -1.10. The Balaban J connectivity index is 4.20. The lowest BCUT2D eigenvalue weighted by molar-refractivity contribution is -0.133. The van der Waals surface area contributed by atoms with Crippen LogP contribution in [0.25, 0.3) is 0 Å². The van der Waals surface area contributed by atoms with Crippen LogP contribution >= 0.6 is 0 Å². The summed E-state index contributed by atoms with van der Waals surface area (Å²) in [5.74, 6) is 0.559. The minimum atomic E-state index is -0.364. The van der Waals surface area contributed by atoms with Gasteiger partial charge < -0.3 is 10.2 Å². The third-order valence-electron chi connectivity index (χ3n) is 3.36. The highest BCUT2D eigenvalue weighted by Gasteiger charge is 2.22. The van der Waals surface area contributed by atoms with E-state index in [0.29, 0.717) is 25.6 Å². The normalized spacial score (nSPS) is 13.9. The van der Waals surface area contributed by atoms with Crippen molar-refractivity contribution in [2.24, 2.45) is 5.92 Å². The fourth-order valence-electron chi connectivity index (χ4n) is 1.97. The van der Waals surface area contributed by atoms with Gasteiger partial charge in [0.15, 0.2) is 0 Å². The van der Waals surface area contributed by atoms with Gasteiger partial charge in [-0.25, -0.2) is 0 Å². The Labute approximate surface area is 123 Å². The average Bonchev–Trinajstić information content (AvgIpc) is 2.39. The molecule has 118 valence electrons. The minimum absolute atomic E-state index is 0.0387. The molecule has 0 saturated carbocycles. The lowest BCUT2D eigenvalue weighted by Gasteiger charge is -2.25. The smallest absolute Gasteiger partial charge is 0.239 e. The molecule has 2 amide bonds. The molecule has 0 aliphatic rings. The third kappa shape index (κ3) is 6.89. The van der Waals surface area contributed by atoms with Crippen LogP contribution in [0.4, 0.5) is 0 Å². The van der Waals surface area contributed by atoms with Crippen LogP contribution in [0.5, 0.6) is 0 Å². The number of likely N-dealkylation sites (N-methyl/N-ethyl adjacent to an activating group) is 1. The number of carbonyl (C=O) groups excluding carboxylic acids is 2. The molecule has 0 fully saturated rings. The van der Waals surface area contributed by atoms with Crippen LogP contribution in [0.1, 0.15) is 48.0 Å². The van der Waals surface area contributed by atoms with Gasteiger partial charge in [0.05, 0.1) is 12.1 Å². The summed E-state index contributed by atoms with van der Waals surface area (Å²) in [5.41, 5.74) is 0. The number of rotatable bonds is 9. The van der Waals surface area contributed by atoms with Gasteiger partial charge in [0, 0.05) is 19.6 Å². The number of hydrogen-bond donors (Lipinski definition) is 2. The summed E-state index contributed by atoms with van der Waals surface area (Å²) in [4.78, 5) is 25.8. The molecule has 2 unspecified atom stereocenters. The van der Waals surface area contributed by atoms with Gasteiger partial charge in [0.25, 0.3) is 0 Å². The molecule has 5 heteroatoms. The highest BCUT2D eigenvalue weighted by Crippen LogP contribution is 1.98. The minimum Gasteiger partial charge on any atom is -0.355 e. The zero-order valence-corrected chi connectivity index (χ0v) is 13.8. The van der Waals surface area contributed by atoms with Gasteiger partial charge >= 0.3 is 0 Å². The van der Waals surface area contributed by atoms with Crippen molar-refractivity contribution in [1.82, 2.24) is 15.5 Å². The second kappa shape index (κ2) is 9.75. The van der Waals surface area contributed by atoms with Crippen molar-refractivity contribution in [3.8, 4) is 0 Å². The van der Waals surface area contributed by atoms with E-state index in [0.717, 1.165) is 6.42 Å². The summed E-state index contributed by atoms with van der Waals surface area (Å²) >= 11 is 0. The molecular formula is C15H31N3O2. The van der Waals surface area contributed by atoms with E-state index in [9.17, 15) is 9.59 Å². The lowest BCUT2D eigenvalue weighted by Crippen LogP contribution is -2.52. The molecule has 0 rings (SSSR count). The molecule has 0 saturated heterocycles. The van der Waals surface area contributed by atoms with Crippen LogP contribution < -0.4 is 10.6 Å². The fourth-order valence-corrected chi connectivity index (χ4v) is 1.97. The van der Waals surface area contributed by atoms with Crippen LogP contribution in [-0.2, 0) is 9.59 Å². The number of hydrogen-bond acceptors (Lipinski definition) is 3. The summed E-state index contributed by atoms with van der Waals surface area (Å²) < 4.78 is 0. The van der Waals surface area contributed by atoms with Crippen molar-refractivity contribution in [1.29, 1.82) is 0 Å². The maximum absolute atomic E-state index is 12.1. The Morgan fingerprint density at radius 1 is 1.00 bits per heavy atom. The zero-order valence-electron chi connectivity index (χ0n) is 13.8. The molecule has 0 heterocycles. The predicted molar refractivity (Wildman–Crippen MR) is 82.5 cm³/mol. The molecule has 0 aromatic rings. The van der Waals surface area contributed by atoms with Crippen LogP contribution in [-0.4, -0.2) is 48.4 Å². The molecule has 0 radical (unpaired) electrons. The standard InChI is InChI=1S/C15H31N3O2/c1-7-18(8-2)15(20)13(6)17-12(5)14(19)16-10-9-11(3)4/h11-13,17H,7-10H2,1-6H3,(H,16,19). The van der Waals surface area contributed by atoms with E-state index >= 15 is 0 Å². The van der Waals surface area contributed by atoms with Gasteiger partial charge in [-0.15, -0.1) is 0 Å². The van der Waals surface area contributed by atoms with Crippen molar-refractivity contribution in [2.75, 3.05) is 19.6 Å². The highest BCUT2D eigenvalue weighted by atomic mass is 16.2. The molecule has 2 atom stereocenters. The Bertz CT molecular complexity index is 301. The maximum atomic E-state index is 12.1. The molecule has 0 spiro atoms. The molecule has 20 heavy (non-hydrogen) atoms. The maximum Gasteiger partial charge on any atom is 0.239 e. The molecular weight excluding hydrogens is 254 g/mol. The van der Waals surface area contributed by atoms with E-state index in [2.05, 4.69) is 24.5 Å². The van der Waals surface area contributed by atoms with E-state index in [4.69, 9.17) is 0 Å². The topological polar surface area (TPSA) is 61.4 Å². The molecule has 0 aromatic heterocycles. The van der Waals surface area contributed by atoms with Crippen molar-refractivity contribution >= 4 is 11.8 Å². The van der Waals surface area contributed by atoms with Crippen molar-refractivity contribution in [2.45, 2.75) is 60.0 Å². The summed E-state index contributed by atoms with van der Waals surface area (Å²) in [6, 6.07) is -0.711. The van der Waals surface area contributed by atoms with E-state index in [-0.39, 0.29) is 23.9 Å². The van der Waals surface area contributed by atoms with Gasteiger partial charge in [-0.05, 0) is 40.0 Å². The molecule has 0 aliphatic heterocycles. The SMILES string of the molecule is CCN(CC)C(=O)C(C)NC(C)C(=O)NCCC(C)C. The quantitative estimate of drug-likeness (QED) is 0.673. The Kier molecular flexibility index (Phi) is 9.21. The first-order valence-electron chi connectivity index (χ1n) is 7.65. The molecule has 0 bridgehead atoms. The summed E-state index contributed by atoms with van der Waals surface area (Å²) in [5, 5.41) is 5.95. The Morgan fingerprint density at radius 3 is 2.00 bits per heavy atom. The molecule has 2 N–H and O–H groups in total. The second-order valence-corrected chi connectivity index (χ2v) is 5.59. The monoisotopic (exact) mass is 285 g/mol. The van der Waals surface area contributed by atoms with Crippen LogP contribution in [0.15, 0.2) is 0 Å². The number of carbonyl (C=O) groups is 2. The lowest BCUT2D eigenvalue weighted by atomic mass is 10.1. The number of amides is 2. The van der Waals surface area contributed by atoms with E-state index in [1.54, 1.807) is 18.7 Å². The summed E-state index contributed by atoms with van der Waals surface area (Å²) in [6.45, 7) is 13.8. The van der Waals surface area contributed by atoms with E-state index in [1.165, 1.54) is 0 Å². The van der Waals surface area contributed by atoms with Crippen molar-refractivity contribution in [3.05, 3.63) is 0 Å². The third-order valence-corrected chi connectivity index (χ3v) is 3.36. The fraction of sp³-hybridized carbons (Fsp3) is 0.867. The van der Waals surface area contributed by atoms with Gasteiger partial charge in [0.2, 0.25) is 11.8 Å². The second-order valence-electron chi connectivity index (χ2n) is 5.59. The molecule has 5 nitrogen and oxygen atoms in total. The van der Waals surface area contributed by atoms with Crippen LogP contribution in [0.3, 0.4) is 0 Å². The van der Waals surface area contributed by atoms with E-state index < -0.39 is 0 Å². The largest absolute Gasteiger partial charge is 0.355 e. The first kappa shape index (κ1) is 18.9. The zero-order chi connectivity index (χ0) is 15.7. The van der Waals surface area contributed by atoms with Crippen molar-refractivity contribution < 1.29 is 9.59 Å². The van der Waals surface area contributed by atoms with Crippen LogP contribution in [0.2, 0.25) is 0 Å². The highest BCUT2D eigenvalue weighted by molar-refractivity contribution is 5.84. The predicted octanol–water partition coefficient (Wildman–Crippen LogP) is 1.38. The molecule has 0 aromatic carbocycles. The summed E-state index contributed by atoms with van der Waals surface area (Å²) in [6.07, 6.45) is 0.965. The van der Waals surface area contributed by atoms with Gasteiger partial charge in [0.1, 0.15) is 0 Å². The van der Waals surface area contributed by atoms with Crippen molar-refractivity contribution in [3.63, 3.8) is 0 Å². The molecule has 0 aliphatic carbocycles. The first-order valence-corrected chi connectivity index (χ1v) is 7.65. The number of nitrogens with one attached hydrogen (secondary N) is 2. The first-order chi connectivity index (χ1) is 9.33.